The summed E-state index contributed by atoms with van der Waals surface area (Å²) >= 11 is 5.80. The summed E-state index contributed by atoms with van der Waals surface area (Å²) in [6.07, 6.45) is 2.99. The van der Waals surface area contributed by atoms with Gasteiger partial charge in [-0.15, -0.1) is 0 Å². The molecule has 2 N–H and O–H groups in total. The maximum absolute atomic E-state index is 11.9. The standard InChI is InChI=1S/C18H21ClN2O4/c1-13(21-18(23)16-5-4-12-25-16)17(22)20-10-2-3-11-24-15-8-6-14(19)7-9-15/h4-9,12-13H,2-3,10-11H2,1H3,(H,20,22)(H,21,23)/t13-/m0/s1. The van der Waals surface area contributed by atoms with Crippen LogP contribution in [-0.2, 0) is 4.79 Å². The molecule has 1 aromatic carbocycles. The molecule has 0 fully saturated rings. The van der Waals surface area contributed by atoms with Gasteiger partial charge in [-0.25, -0.2) is 0 Å². The van der Waals surface area contributed by atoms with Crippen LogP contribution in [0, 0.1) is 0 Å². The van der Waals surface area contributed by atoms with E-state index in [0.29, 0.717) is 18.2 Å². The smallest absolute Gasteiger partial charge is 0.287 e. The molecule has 0 radical (unpaired) electrons. The molecule has 25 heavy (non-hydrogen) atoms. The molecule has 2 aromatic rings. The second-order valence-corrected chi connectivity index (χ2v) is 5.91. The minimum absolute atomic E-state index is 0.180. The Morgan fingerprint density at radius 1 is 1.20 bits per heavy atom. The lowest BCUT2D eigenvalue weighted by Crippen LogP contribution is -2.45. The van der Waals surface area contributed by atoms with Crippen molar-refractivity contribution in [3.05, 3.63) is 53.4 Å². The largest absolute Gasteiger partial charge is 0.494 e. The normalized spacial score (nSPS) is 11.6. The van der Waals surface area contributed by atoms with Gasteiger partial charge in [0.1, 0.15) is 11.8 Å². The van der Waals surface area contributed by atoms with E-state index in [4.69, 9.17) is 20.8 Å². The van der Waals surface area contributed by atoms with Crippen molar-refractivity contribution in [1.82, 2.24) is 10.6 Å². The van der Waals surface area contributed by atoms with Crippen LogP contribution < -0.4 is 15.4 Å². The summed E-state index contributed by atoms with van der Waals surface area (Å²) in [6, 6.07) is 9.70. The van der Waals surface area contributed by atoms with Crippen molar-refractivity contribution in [2.45, 2.75) is 25.8 Å². The minimum Gasteiger partial charge on any atom is -0.494 e. The molecule has 0 saturated carbocycles. The zero-order valence-electron chi connectivity index (χ0n) is 14.0. The van der Waals surface area contributed by atoms with Crippen LogP contribution in [0.4, 0.5) is 0 Å². The van der Waals surface area contributed by atoms with E-state index in [9.17, 15) is 9.59 Å². The maximum atomic E-state index is 11.9. The topological polar surface area (TPSA) is 80.6 Å². The van der Waals surface area contributed by atoms with E-state index in [0.717, 1.165) is 18.6 Å². The quantitative estimate of drug-likeness (QED) is 0.670. The first kappa shape index (κ1) is 18.9. The molecule has 0 saturated heterocycles. The Morgan fingerprint density at radius 3 is 2.64 bits per heavy atom. The summed E-state index contributed by atoms with van der Waals surface area (Å²) in [5.74, 6) is 0.296. The third kappa shape index (κ3) is 6.51. The second-order valence-electron chi connectivity index (χ2n) is 5.47. The molecule has 0 aliphatic rings. The molecule has 7 heteroatoms. The fourth-order valence-corrected chi connectivity index (χ4v) is 2.18. The minimum atomic E-state index is -0.636. The molecule has 0 spiro atoms. The van der Waals surface area contributed by atoms with Gasteiger partial charge in [0.2, 0.25) is 5.91 Å². The lowest BCUT2D eigenvalue weighted by molar-refractivity contribution is -0.122. The Bertz CT molecular complexity index is 671. The van der Waals surface area contributed by atoms with Gasteiger partial charge in [-0.05, 0) is 56.2 Å². The van der Waals surface area contributed by atoms with Crippen LogP contribution in [0.2, 0.25) is 5.02 Å². The van der Waals surface area contributed by atoms with Crippen LogP contribution in [0.25, 0.3) is 0 Å². The average Bonchev–Trinajstić information content (AvgIpc) is 3.14. The van der Waals surface area contributed by atoms with Gasteiger partial charge >= 0.3 is 0 Å². The highest BCUT2D eigenvalue weighted by Crippen LogP contribution is 2.15. The van der Waals surface area contributed by atoms with Crippen molar-refractivity contribution in [2.24, 2.45) is 0 Å². The summed E-state index contributed by atoms with van der Waals surface area (Å²) in [4.78, 5) is 23.7. The van der Waals surface area contributed by atoms with E-state index >= 15 is 0 Å². The molecule has 0 aliphatic carbocycles. The number of rotatable bonds is 9. The molecule has 1 aromatic heterocycles. The highest BCUT2D eigenvalue weighted by molar-refractivity contribution is 6.30. The van der Waals surface area contributed by atoms with Crippen molar-refractivity contribution in [3.8, 4) is 5.75 Å². The number of unbranched alkanes of at least 4 members (excludes halogenated alkanes) is 1. The Hall–Kier alpha value is -2.47. The summed E-state index contributed by atoms with van der Waals surface area (Å²) in [6.45, 7) is 2.70. The fraction of sp³-hybridized carbons (Fsp3) is 0.333. The number of halogens is 1. The Kier molecular flexibility index (Phi) is 7.35. The number of furan rings is 1. The van der Waals surface area contributed by atoms with Crippen molar-refractivity contribution in [1.29, 1.82) is 0 Å². The first-order valence-electron chi connectivity index (χ1n) is 8.06. The van der Waals surface area contributed by atoms with Crippen molar-refractivity contribution >= 4 is 23.4 Å². The molecule has 1 atom stereocenters. The number of nitrogens with one attached hydrogen (secondary N) is 2. The van der Waals surface area contributed by atoms with E-state index in [1.54, 1.807) is 31.2 Å². The van der Waals surface area contributed by atoms with Crippen LogP contribution in [-0.4, -0.2) is 31.0 Å². The zero-order chi connectivity index (χ0) is 18.1. The predicted octanol–water partition coefficient (Wildman–Crippen LogP) is 3.03. The van der Waals surface area contributed by atoms with E-state index in [2.05, 4.69) is 10.6 Å². The predicted molar refractivity (Wildman–Crippen MR) is 94.8 cm³/mol. The van der Waals surface area contributed by atoms with Crippen LogP contribution >= 0.6 is 11.6 Å². The van der Waals surface area contributed by atoms with Gasteiger partial charge in [-0.3, -0.25) is 9.59 Å². The Morgan fingerprint density at radius 2 is 1.96 bits per heavy atom. The first-order chi connectivity index (χ1) is 12.1. The number of carbonyl (C=O) groups is 2. The van der Waals surface area contributed by atoms with E-state index < -0.39 is 11.9 Å². The molecule has 0 unspecified atom stereocenters. The summed E-state index contributed by atoms with van der Waals surface area (Å²) < 4.78 is 10.6. The highest BCUT2D eigenvalue weighted by Gasteiger charge is 2.17. The zero-order valence-corrected chi connectivity index (χ0v) is 14.7. The summed E-state index contributed by atoms with van der Waals surface area (Å²) in [7, 11) is 0. The molecule has 2 rings (SSSR count). The first-order valence-corrected chi connectivity index (χ1v) is 8.44. The van der Waals surface area contributed by atoms with Gasteiger partial charge in [0.05, 0.1) is 12.9 Å². The van der Waals surface area contributed by atoms with E-state index in [-0.39, 0.29) is 11.7 Å². The van der Waals surface area contributed by atoms with Crippen molar-refractivity contribution in [3.63, 3.8) is 0 Å². The average molecular weight is 365 g/mol. The van der Waals surface area contributed by atoms with Gasteiger partial charge in [0, 0.05) is 11.6 Å². The fourth-order valence-electron chi connectivity index (χ4n) is 2.05. The molecule has 2 amide bonds. The van der Waals surface area contributed by atoms with Crippen LogP contribution in [0.1, 0.15) is 30.3 Å². The third-order valence-corrected chi connectivity index (χ3v) is 3.69. The molecule has 0 aliphatic heterocycles. The van der Waals surface area contributed by atoms with Gasteiger partial charge in [-0.2, -0.15) is 0 Å². The number of benzene rings is 1. The van der Waals surface area contributed by atoms with E-state index in [1.165, 1.54) is 6.26 Å². The lowest BCUT2D eigenvalue weighted by Gasteiger charge is -2.13. The molecule has 6 nitrogen and oxygen atoms in total. The van der Waals surface area contributed by atoms with Crippen molar-refractivity contribution < 1.29 is 18.7 Å². The van der Waals surface area contributed by atoms with Crippen LogP contribution in [0.15, 0.2) is 47.1 Å². The number of ether oxygens (including phenoxy) is 1. The summed E-state index contributed by atoms with van der Waals surface area (Å²) in [5.41, 5.74) is 0. The monoisotopic (exact) mass is 364 g/mol. The molecule has 0 bridgehead atoms. The molecular weight excluding hydrogens is 344 g/mol. The number of hydrogen-bond acceptors (Lipinski definition) is 4. The highest BCUT2D eigenvalue weighted by atomic mass is 35.5. The lowest BCUT2D eigenvalue weighted by atomic mass is 10.2. The molecule has 134 valence electrons. The van der Waals surface area contributed by atoms with E-state index in [1.807, 2.05) is 12.1 Å². The molecular formula is C18H21ClN2O4. The third-order valence-electron chi connectivity index (χ3n) is 3.44. The number of hydrogen-bond donors (Lipinski definition) is 2. The summed E-state index contributed by atoms with van der Waals surface area (Å²) in [5, 5.41) is 6.03. The second kappa shape index (κ2) is 9.74. The van der Waals surface area contributed by atoms with Crippen molar-refractivity contribution in [2.75, 3.05) is 13.2 Å². The number of amides is 2. The molecule has 1 heterocycles. The van der Waals surface area contributed by atoms with Gasteiger partial charge in [0.25, 0.3) is 5.91 Å². The van der Waals surface area contributed by atoms with Gasteiger partial charge in [-0.1, -0.05) is 11.6 Å². The number of carbonyl (C=O) groups excluding carboxylic acids is 2. The SMILES string of the molecule is C[C@H](NC(=O)c1ccco1)C(=O)NCCCCOc1ccc(Cl)cc1. The van der Waals surface area contributed by atoms with Gasteiger partial charge in [0.15, 0.2) is 5.76 Å². The van der Waals surface area contributed by atoms with Crippen LogP contribution in [0.5, 0.6) is 5.75 Å². The van der Waals surface area contributed by atoms with Crippen LogP contribution in [0.3, 0.4) is 0 Å². The van der Waals surface area contributed by atoms with Gasteiger partial charge < -0.3 is 19.8 Å². The Labute approximate surface area is 151 Å². The Balaban J connectivity index is 1.57. The maximum Gasteiger partial charge on any atom is 0.287 e.